The summed E-state index contributed by atoms with van der Waals surface area (Å²) in [5, 5.41) is 11.2. The van der Waals surface area contributed by atoms with E-state index in [-0.39, 0.29) is 23.1 Å². The van der Waals surface area contributed by atoms with E-state index < -0.39 is 0 Å². The van der Waals surface area contributed by atoms with Gasteiger partial charge in [-0.05, 0) is 61.1 Å². The van der Waals surface area contributed by atoms with Gasteiger partial charge in [-0.3, -0.25) is 0 Å². The largest absolute Gasteiger partial charge is 0.493 e. The summed E-state index contributed by atoms with van der Waals surface area (Å²) in [6.45, 7) is 9.44. The van der Waals surface area contributed by atoms with Crippen LogP contribution in [-0.4, -0.2) is 17.8 Å². The molecule has 0 radical (unpaired) electrons. The second-order valence-corrected chi connectivity index (χ2v) is 8.59. The maximum absolute atomic E-state index is 11.5. The van der Waals surface area contributed by atoms with E-state index in [4.69, 9.17) is 9.15 Å². The second-order valence-electron chi connectivity index (χ2n) is 8.59. The Labute approximate surface area is 159 Å². The fraction of sp³-hybridized carbons (Fsp3) is 0.522. The molecule has 5 atom stereocenters. The predicted molar refractivity (Wildman–Crippen MR) is 106 cm³/mol. The van der Waals surface area contributed by atoms with Gasteiger partial charge in [-0.1, -0.05) is 26.0 Å². The van der Waals surface area contributed by atoms with Gasteiger partial charge in [0.15, 0.2) is 0 Å². The van der Waals surface area contributed by atoms with Crippen molar-refractivity contribution < 1.29 is 14.3 Å². The third-order valence-corrected chi connectivity index (χ3v) is 7.14. The molecule has 1 aromatic heterocycles. The monoisotopic (exact) mass is 368 g/mol. The number of fused-ring (bicyclic) bond motifs is 2. The Bertz CT molecular complexity index is 914. The van der Waals surface area contributed by atoms with Crippen LogP contribution < -0.4 is 10.4 Å². The molecular formula is C23H28O4. The van der Waals surface area contributed by atoms with Gasteiger partial charge in [0.25, 0.3) is 0 Å². The Morgan fingerprint density at radius 3 is 2.89 bits per heavy atom. The smallest absolute Gasteiger partial charge is 0.336 e. The van der Waals surface area contributed by atoms with Crippen LogP contribution in [0.15, 0.2) is 51.7 Å². The lowest BCUT2D eigenvalue weighted by Gasteiger charge is -2.55. The Balaban J connectivity index is 1.56. The van der Waals surface area contributed by atoms with Crippen LogP contribution in [0.5, 0.6) is 5.75 Å². The highest BCUT2D eigenvalue weighted by Gasteiger charge is 2.51. The first-order valence-electron chi connectivity index (χ1n) is 9.91. The molecule has 4 nitrogen and oxygen atoms in total. The maximum atomic E-state index is 11.5. The van der Waals surface area contributed by atoms with Gasteiger partial charge < -0.3 is 14.3 Å². The summed E-state index contributed by atoms with van der Waals surface area (Å²) in [5.41, 5.74) is 1.55. The maximum Gasteiger partial charge on any atom is 0.336 e. The zero-order valence-electron chi connectivity index (χ0n) is 16.1. The highest BCUT2D eigenvalue weighted by atomic mass is 16.5. The molecule has 0 saturated heterocycles. The summed E-state index contributed by atoms with van der Waals surface area (Å²) < 4.78 is 11.4. The van der Waals surface area contributed by atoms with Crippen LogP contribution in [0.4, 0.5) is 0 Å². The molecule has 1 N–H and O–H groups in total. The fourth-order valence-electron chi connectivity index (χ4n) is 5.40. The molecule has 2 aromatic rings. The van der Waals surface area contributed by atoms with Crippen molar-refractivity contribution in [2.24, 2.45) is 23.2 Å². The van der Waals surface area contributed by atoms with Gasteiger partial charge in [0.2, 0.25) is 0 Å². The van der Waals surface area contributed by atoms with Crippen molar-refractivity contribution in [3.63, 3.8) is 0 Å². The fourth-order valence-corrected chi connectivity index (χ4v) is 5.40. The molecule has 4 heteroatoms. The van der Waals surface area contributed by atoms with E-state index in [0.29, 0.717) is 29.8 Å². The normalized spacial score (nSPS) is 33.7. The van der Waals surface area contributed by atoms with Gasteiger partial charge in [-0.2, -0.15) is 0 Å². The van der Waals surface area contributed by atoms with E-state index >= 15 is 0 Å². The number of benzene rings is 1. The van der Waals surface area contributed by atoms with Crippen LogP contribution in [0.25, 0.3) is 11.0 Å². The molecule has 2 aliphatic rings. The topological polar surface area (TPSA) is 59.7 Å². The van der Waals surface area contributed by atoms with Gasteiger partial charge in [-0.15, -0.1) is 0 Å². The van der Waals surface area contributed by atoms with Crippen molar-refractivity contribution in [3.05, 3.63) is 52.9 Å². The predicted octanol–water partition coefficient (Wildman–Crippen LogP) is 4.55. The Kier molecular flexibility index (Phi) is 4.63. The van der Waals surface area contributed by atoms with Gasteiger partial charge in [0, 0.05) is 23.4 Å². The number of ether oxygens (including phenoxy) is 1. The Morgan fingerprint density at radius 2 is 2.07 bits per heavy atom. The highest BCUT2D eigenvalue weighted by Crippen LogP contribution is 2.56. The molecule has 1 aromatic carbocycles. The molecule has 0 amide bonds. The van der Waals surface area contributed by atoms with Crippen LogP contribution in [-0.2, 0) is 0 Å². The van der Waals surface area contributed by atoms with Crippen molar-refractivity contribution in [3.8, 4) is 5.75 Å². The van der Waals surface area contributed by atoms with Gasteiger partial charge in [-0.25, -0.2) is 4.79 Å². The first-order valence-corrected chi connectivity index (χ1v) is 9.91. The summed E-state index contributed by atoms with van der Waals surface area (Å²) >= 11 is 0. The second kappa shape index (κ2) is 6.83. The van der Waals surface area contributed by atoms with E-state index in [1.54, 1.807) is 12.1 Å². The lowest BCUT2D eigenvalue weighted by molar-refractivity contribution is -0.0779. The van der Waals surface area contributed by atoms with E-state index in [2.05, 4.69) is 20.4 Å². The molecule has 144 valence electrons. The van der Waals surface area contributed by atoms with Crippen molar-refractivity contribution in [2.75, 3.05) is 6.61 Å². The van der Waals surface area contributed by atoms with Gasteiger partial charge >= 0.3 is 5.63 Å². The Hall–Kier alpha value is -2.07. The number of rotatable bonds is 3. The third kappa shape index (κ3) is 3.20. The highest BCUT2D eigenvalue weighted by molar-refractivity contribution is 5.77. The standard InChI is InChI=1S/C23H28O4/c1-14-4-8-18-15(2)20(24)10-11-23(18,3)19(14)13-26-17-7-5-16-6-9-22(25)27-21(16)12-17/h5-7,9,12,15,18-20,24H,1,4,8,10-11,13H2,2-3H3/t15-,18-,19-,20+,23-/m1/s1. The lowest BCUT2D eigenvalue weighted by Crippen LogP contribution is -2.51. The van der Waals surface area contributed by atoms with Gasteiger partial charge in [0.1, 0.15) is 11.3 Å². The van der Waals surface area contributed by atoms with E-state index in [1.807, 2.05) is 12.1 Å². The van der Waals surface area contributed by atoms with Crippen LogP contribution in [0.2, 0.25) is 0 Å². The molecule has 27 heavy (non-hydrogen) atoms. The number of aliphatic hydroxyl groups excluding tert-OH is 1. The number of hydrogen-bond acceptors (Lipinski definition) is 4. The summed E-state index contributed by atoms with van der Waals surface area (Å²) in [5.74, 6) is 1.79. The summed E-state index contributed by atoms with van der Waals surface area (Å²) in [6.07, 6.45) is 3.75. The van der Waals surface area contributed by atoms with Gasteiger partial charge in [0.05, 0.1) is 12.7 Å². The number of aliphatic hydroxyl groups is 1. The Morgan fingerprint density at radius 1 is 1.30 bits per heavy atom. The summed E-state index contributed by atoms with van der Waals surface area (Å²) in [6, 6.07) is 8.80. The van der Waals surface area contributed by atoms with Crippen LogP contribution in [0, 0.1) is 23.2 Å². The molecule has 4 rings (SSSR count). The summed E-state index contributed by atoms with van der Waals surface area (Å²) in [7, 11) is 0. The third-order valence-electron chi connectivity index (χ3n) is 7.14. The molecule has 2 fully saturated rings. The average molecular weight is 368 g/mol. The minimum atomic E-state index is -0.356. The first-order chi connectivity index (χ1) is 12.9. The first kappa shape index (κ1) is 18.3. The van der Waals surface area contributed by atoms with Crippen molar-refractivity contribution in [1.29, 1.82) is 0 Å². The quantitative estimate of drug-likeness (QED) is 0.638. The lowest BCUT2D eigenvalue weighted by atomic mass is 9.51. The SMILES string of the molecule is C=C1CC[C@@H]2[C@@H](C)[C@@H](O)CC[C@@]2(C)[C@@H]1COc1ccc2ccc(=O)oc2c1. The van der Waals surface area contributed by atoms with E-state index in [9.17, 15) is 9.90 Å². The van der Waals surface area contributed by atoms with Crippen molar-refractivity contribution >= 4 is 11.0 Å². The van der Waals surface area contributed by atoms with Crippen LogP contribution in [0.3, 0.4) is 0 Å². The molecule has 0 spiro atoms. The number of hydrogen-bond donors (Lipinski definition) is 1. The molecule has 0 aliphatic heterocycles. The van der Waals surface area contributed by atoms with E-state index in [0.717, 1.165) is 31.1 Å². The minimum Gasteiger partial charge on any atom is -0.493 e. The molecule has 1 heterocycles. The van der Waals surface area contributed by atoms with Crippen LogP contribution in [0.1, 0.15) is 39.5 Å². The van der Waals surface area contributed by atoms with Crippen LogP contribution >= 0.6 is 0 Å². The zero-order chi connectivity index (χ0) is 19.2. The summed E-state index contributed by atoms with van der Waals surface area (Å²) in [4.78, 5) is 11.5. The van der Waals surface area contributed by atoms with Crippen molar-refractivity contribution in [2.45, 2.75) is 45.6 Å². The molecule has 2 aliphatic carbocycles. The van der Waals surface area contributed by atoms with Crippen molar-refractivity contribution in [1.82, 2.24) is 0 Å². The zero-order valence-corrected chi connectivity index (χ0v) is 16.1. The average Bonchev–Trinajstić information content (AvgIpc) is 2.64. The molecular weight excluding hydrogens is 340 g/mol. The van der Waals surface area contributed by atoms with E-state index in [1.165, 1.54) is 11.6 Å². The minimum absolute atomic E-state index is 0.109. The molecule has 2 saturated carbocycles. The molecule has 0 unspecified atom stereocenters. The molecule has 0 bridgehead atoms.